The summed E-state index contributed by atoms with van der Waals surface area (Å²) in [7, 11) is 0. The Kier molecular flexibility index (Phi) is 13.3. The molecule has 9 atom stereocenters. The molecule has 0 spiro atoms. The van der Waals surface area contributed by atoms with Crippen molar-refractivity contribution in [2.75, 3.05) is 13.2 Å². The van der Waals surface area contributed by atoms with Crippen LogP contribution in [0, 0.1) is 16.7 Å². The van der Waals surface area contributed by atoms with Crippen LogP contribution < -0.4 is 5.32 Å². The van der Waals surface area contributed by atoms with Crippen LogP contribution in [0.15, 0.2) is 102 Å². The molecule has 1 saturated carbocycles. The van der Waals surface area contributed by atoms with Crippen LogP contribution in [-0.4, -0.2) is 95.1 Å². The van der Waals surface area contributed by atoms with Gasteiger partial charge in [0, 0.05) is 43.3 Å². The smallest absolute Gasteiger partial charge is 0.338 e. The molecule has 0 radical (unpaired) electrons. The van der Waals surface area contributed by atoms with E-state index in [1.807, 2.05) is 0 Å². The lowest BCUT2D eigenvalue weighted by Crippen LogP contribution is -2.71. The Hall–Kier alpha value is -5.70. The molecule has 3 aliphatic rings. The van der Waals surface area contributed by atoms with E-state index in [1.54, 1.807) is 107 Å². The fraction of sp³-hybridized carbons (Fsp3) is 0.447. The Morgan fingerprint density at radius 2 is 1.36 bits per heavy atom. The highest BCUT2D eigenvalue weighted by Crippen LogP contribution is 2.60. The Balaban J connectivity index is 1.52. The maximum Gasteiger partial charge on any atom is 0.338 e. The summed E-state index contributed by atoms with van der Waals surface area (Å²) < 4.78 is 30.4. The first-order valence-electron chi connectivity index (χ1n) is 20.3. The molecule has 61 heavy (non-hydrogen) atoms. The second-order valence-corrected chi connectivity index (χ2v) is 16.8. The van der Waals surface area contributed by atoms with Crippen molar-refractivity contribution in [3.63, 3.8) is 0 Å². The van der Waals surface area contributed by atoms with E-state index in [2.05, 4.69) is 5.32 Å². The number of amides is 1. The molecule has 3 N–H and O–H groups in total. The van der Waals surface area contributed by atoms with Gasteiger partial charge in [-0.2, -0.15) is 0 Å². The molecule has 3 aromatic rings. The summed E-state index contributed by atoms with van der Waals surface area (Å²) in [6, 6.07) is 23.3. The number of ketones is 1. The van der Waals surface area contributed by atoms with Gasteiger partial charge in [-0.15, -0.1) is 0 Å². The second kappa shape index (κ2) is 18.1. The van der Waals surface area contributed by atoms with Gasteiger partial charge in [-0.05, 0) is 60.7 Å². The standard InChI is InChI=1S/C47H53NO13/c1-27-34(60-44(55)38(52)37(30-17-10-7-11-18-30)48-42(53)31-19-12-8-13-20-31)25-47(56)40(61-43(54)32-21-14-9-15-22-32)36-33(51)26-57-24-16-23-46(36,6)41(59-29(3)50)39(58-28(2)49)35(27)45(47,4)5/h7-15,17-22,34,36-41,52,56H,16,23-26H2,1-6H3,(H,48,53)/t34-,36-,37-,38+,39+,40-,41-,46+,47+/m0/s1. The molecule has 1 aliphatic heterocycles. The number of hydrogen-bond acceptors (Lipinski definition) is 13. The Bertz CT molecular complexity index is 2160. The van der Waals surface area contributed by atoms with Crippen LogP contribution in [0.1, 0.15) is 93.1 Å². The number of Topliss-reactive ketones (excluding diaryl/α,β-unsaturated/α-hetero) is 1. The summed E-state index contributed by atoms with van der Waals surface area (Å²) in [5.41, 5.74) is -4.05. The zero-order valence-electron chi connectivity index (χ0n) is 35.1. The van der Waals surface area contributed by atoms with Crippen LogP contribution in [-0.2, 0) is 42.9 Å². The summed E-state index contributed by atoms with van der Waals surface area (Å²) in [6.07, 6.45) is -7.96. The summed E-state index contributed by atoms with van der Waals surface area (Å²) in [5.74, 6) is -6.18. The maximum absolute atomic E-state index is 14.6. The van der Waals surface area contributed by atoms with Crippen LogP contribution >= 0.6 is 0 Å². The van der Waals surface area contributed by atoms with Gasteiger partial charge in [-0.1, -0.05) is 87.5 Å². The van der Waals surface area contributed by atoms with Crippen molar-refractivity contribution in [2.45, 2.75) is 103 Å². The number of aliphatic hydroxyl groups excluding tert-OH is 1. The highest BCUT2D eigenvalue weighted by molar-refractivity contribution is 5.95. The zero-order chi connectivity index (χ0) is 44.3. The molecule has 0 unspecified atom stereocenters. The third kappa shape index (κ3) is 8.88. The first-order chi connectivity index (χ1) is 28.9. The molecule has 1 amide bonds. The van der Waals surface area contributed by atoms with E-state index < -0.39 is 108 Å². The fourth-order valence-electron chi connectivity index (χ4n) is 9.48. The first-order valence-corrected chi connectivity index (χ1v) is 20.3. The van der Waals surface area contributed by atoms with Gasteiger partial charge in [-0.25, -0.2) is 9.59 Å². The molecule has 1 heterocycles. The van der Waals surface area contributed by atoms with Crippen molar-refractivity contribution in [1.82, 2.24) is 5.32 Å². The third-order valence-corrected chi connectivity index (χ3v) is 12.6. The Labute approximate surface area is 354 Å². The molecule has 14 nitrogen and oxygen atoms in total. The lowest BCUT2D eigenvalue weighted by molar-refractivity contribution is -0.235. The number of rotatable bonds is 10. The van der Waals surface area contributed by atoms with E-state index in [0.717, 1.165) is 0 Å². The monoisotopic (exact) mass is 839 g/mol. The van der Waals surface area contributed by atoms with E-state index in [0.29, 0.717) is 17.6 Å². The highest BCUT2D eigenvalue weighted by atomic mass is 16.6. The molecule has 1 saturated heterocycles. The lowest BCUT2D eigenvalue weighted by Gasteiger charge is -2.61. The Morgan fingerprint density at radius 1 is 0.787 bits per heavy atom. The van der Waals surface area contributed by atoms with E-state index in [1.165, 1.54) is 26.0 Å². The van der Waals surface area contributed by atoms with E-state index in [-0.39, 0.29) is 29.7 Å². The number of esters is 4. The van der Waals surface area contributed by atoms with Crippen molar-refractivity contribution < 1.29 is 62.7 Å². The molecular formula is C47H53NO13. The van der Waals surface area contributed by atoms with Crippen LogP contribution in [0.2, 0.25) is 0 Å². The number of carbonyl (C=O) groups excluding carboxylic acids is 6. The molecule has 14 heteroatoms. The van der Waals surface area contributed by atoms with Crippen LogP contribution in [0.3, 0.4) is 0 Å². The predicted molar refractivity (Wildman–Crippen MR) is 218 cm³/mol. The minimum Gasteiger partial charge on any atom is -0.458 e. The SMILES string of the molecule is CC(=O)O[C@@H]1C2=C(C)[C@@H](OC(=O)[C@H](O)[C@@H](NC(=O)c3ccccc3)c3ccccc3)C[C@@](O)([C@@H](OC(=O)c3ccccc3)[C@@H]3C(=O)COCCC[C@@]3(C)[C@H]1OC(C)=O)C2(C)C. The predicted octanol–water partition coefficient (Wildman–Crippen LogP) is 5.01. The van der Waals surface area contributed by atoms with E-state index >= 15 is 0 Å². The lowest BCUT2D eigenvalue weighted by atomic mass is 9.49. The fourth-order valence-corrected chi connectivity index (χ4v) is 9.48. The van der Waals surface area contributed by atoms with Crippen molar-refractivity contribution >= 4 is 35.6 Å². The zero-order valence-corrected chi connectivity index (χ0v) is 35.1. The minimum atomic E-state index is -2.29. The summed E-state index contributed by atoms with van der Waals surface area (Å²) in [6.45, 7) is 8.62. The van der Waals surface area contributed by atoms with Gasteiger partial charge >= 0.3 is 23.9 Å². The quantitative estimate of drug-likeness (QED) is 0.140. The molecule has 2 bridgehead atoms. The molecule has 6 rings (SSSR count). The summed E-state index contributed by atoms with van der Waals surface area (Å²) in [4.78, 5) is 82.7. The van der Waals surface area contributed by atoms with E-state index in [9.17, 15) is 39.0 Å². The number of ether oxygens (including phenoxy) is 5. The van der Waals surface area contributed by atoms with E-state index in [4.69, 9.17) is 23.7 Å². The third-order valence-electron chi connectivity index (χ3n) is 12.6. The average Bonchev–Trinajstić information content (AvgIpc) is 3.22. The number of carbonyl (C=O) groups is 6. The molecular weight excluding hydrogens is 787 g/mol. The number of aliphatic hydroxyl groups is 2. The summed E-state index contributed by atoms with van der Waals surface area (Å²) in [5, 5.41) is 28.1. The van der Waals surface area contributed by atoms with Gasteiger partial charge in [-0.3, -0.25) is 19.2 Å². The largest absolute Gasteiger partial charge is 0.458 e. The van der Waals surface area contributed by atoms with Crippen LogP contribution in [0.5, 0.6) is 0 Å². The number of benzene rings is 3. The van der Waals surface area contributed by atoms with Gasteiger partial charge in [0.05, 0.1) is 17.5 Å². The molecule has 3 aromatic carbocycles. The van der Waals surface area contributed by atoms with Crippen molar-refractivity contribution in [2.24, 2.45) is 16.7 Å². The van der Waals surface area contributed by atoms with Gasteiger partial charge < -0.3 is 39.2 Å². The topological polar surface area (TPSA) is 201 Å². The molecule has 2 aliphatic carbocycles. The number of nitrogens with one attached hydrogen (secondary N) is 1. The second-order valence-electron chi connectivity index (χ2n) is 16.8. The van der Waals surface area contributed by atoms with Crippen LogP contribution in [0.25, 0.3) is 0 Å². The van der Waals surface area contributed by atoms with Crippen molar-refractivity contribution in [3.05, 3.63) is 119 Å². The molecule has 324 valence electrons. The van der Waals surface area contributed by atoms with Gasteiger partial charge in [0.15, 0.2) is 18.0 Å². The minimum absolute atomic E-state index is 0.120. The highest BCUT2D eigenvalue weighted by Gasteiger charge is 2.69. The molecule has 2 fully saturated rings. The maximum atomic E-state index is 14.6. The van der Waals surface area contributed by atoms with Crippen molar-refractivity contribution in [3.8, 4) is 0 Å². The molecule has 0 aromatic heterocycles. The van der Waals surface area contributed by atoms with Crippen molar-refractivity contribution in [1.29, 1.82) is 0 Å². The normalized spacial score (nSPS) is 28.2. The van der Waals surface area contributed by atoms with Gasteiger partial charge in [0.25, 0.3) is 5.91 Å². The average molecular weight is 840 g/mol. The van der Waals surface area contributed by atoms with Crippen LogP contribution in [0.4, 0.5) is 0 Å². The van der Waals surface area contributed by atoms with Gasteiger partial charge in [0.1, 0.15) is 30.5 Å². The number of fused-ring (bicyclic) bond motifs is 3. The Morgan fingerprint density at radius 3 is 1.95 bits per heavy atom. The summed E-state index contributed by atoms with van der Waals surface area (Å²) >= 11 is 0. The van der Waals surface area contributed by atoms with Gasteiger partial charge in [0.2, 0.25) is 0 Å². The number of hydrogen-bond donors (Lipinski definition) is 3. The first kappa shape index (κ1) is 44.8.